The van der Waals surface area contributed by atoms with Gasteiger partial charge in [0.1, 0.15) is 5.75 Å². The smallest absolute Gasteiger partial charge is 0.435 e. The minimum Gasteiger partial charge on any atom is -0.507 e. The van der Waals surface area contributed by atoms with E-state index in [9.17, 15) is 31.4 Å². The summed E-state index contributed by atoms with van der Waals surface area (Å²) in [4.78, 5) is 4.47. The second-order valence-corrected chi connectivity index (χ2v) is 9.35. The number of H-pyrrole nitrogens is 1. The van der Waals surface area contributed by atoms with Crippen LogP contribution < -0.4 is 0 Å². The molecule has 2 aromatic carbocycles. The van der Waals surface area contributed by atoms with Crippen molar-refractivity contribution < 1.29 is 31.4 Å². The van der Waals surface area contributed by atoms with Crippen LogP contribution in [0.4, 0.5) is 26.3 Å². The van der Waals surface area contributed by atoms with Crippen molar-refractivity contribution in [2.45, 2.75) is 18.8 Å². The third-order valence-corrected chi connectivity index (χ3v) is 6.60. The molecule has 4 rings (SSSR count). The van der Waals surface area contributed by atoms with Gasteiger partial charge in [0.2, 0.25) is 0 Å². The minimum absolute atomic E-state index is 0.0417. The van der Waals surface area contributed by atoms with Crippen LogP contribution in [-0.4, -0.2) is 64.9 Å². The molecule has 0 aliphatic carbocycles. The second kappa shape index (κ2) is 10.9. The van der Waals surface area contributed by atoms with Crippen molar-refractivity contribution in [1.29, 1.82) is 0 Å². The molecule has 1 fully saturated rings. The fourth-order valence-electron chi connectivity index (χ4n) is 4.15. The molecule has 202 valence electrons. The number of likely N-dealkylation sites (N-methyl/N-ethyl adjacent to an activating group) is 1. The molecule has 0 bridgehead atoms. The Labute approximate surface area is 220 Å². The number of aromatic nitrogens is 2. The first-order valence-corrected chi connectivity index (χ1v) is 12.0. The van der Waals surface area contributed by atoms with Crippen LogP contribution in [0.25, 0.3) is 22.4 Å². The fourth-order valence-corrected chi connectivity index (χ4v) is 4.38. The van der Waals surface area contributed by atoms with Gasteiger partial charge in [0.25, 0.3) is 0 Å². The first kappa shape index (κ1) is 27.8. The maximum absolute atomic E-state index is 13.6. The molecule has 0 unspecified atom stereocenters. The summed E-state index contributed by atoms with van der Waals surface area (Å²) >= 11 is 5.77. The van der Waals surface area contributed by atoms with Gasteiger partial charge in [-0.2, -0.15) is 31.4 Å². The van der Waals surface area contributed by atoms with E-state index in [1.54, 1.807) is 0 Å². The lowest BCUT2D eigenvalue weighted by atomic mass is 9.93. The highest BCUT2D eigenvalue weighted by Crippen LogP contribution is 2.44. The van der Waals surface area contributed by atoms with Gasteiger partial charge in [0.05, 0.1) is 16.3 Å². The van der Waals surface area contributed by atoms with E-state index in [1.165, 1.54) is 18.2 Å². The number of piperazine rings is 1. The van der Waals surface area contributed by atoms with Crippen molar-refractivity contribution in [3.63, 3.8) is 0 Å². The number of nitrogens with one attached hydrogen (secondary N) is 1. The minimum atomic E-state index is -4.76. The molecule has 0 atom stereocenters. The molecule has 12 heteroatoms. The standard InChI is InChI=1S/C26H23ClF6N4O/c1-36-10-12-37(13-11-36)9-3-2-4-16-5-7-18(21-15-22(35-34-21)26(31,32)33)24(38)23(16)17-6-8-20(27)19(14-17)25(28,29)30/h5-8,14-15,38H,3,9-13H2,1H3,(H,34,35). The summed E-state index contributed by atoms with van der Waals surface area (Å²) in [6.45, 7) is 4.37. The Hall–Kier alpha value is -3.20. The van der Waals surface area contributed by atoms with Gasteiger partial charge in [-0.3, -0.25) is 10.00 Å². The van der Waals surface area contributed by atoms with Crippen molar-refractivity contribution in [2.75, 3.05) is 39.8 Å². The summed E-state index contributed by atoms with van der Waals surface area (Å²) in [6.07, 6.45) is -9.00. The van der Waals surface area contributed by atoms with Gasteiger partial charge < -0.3 is 10.0 Å². The number of aromatic hydroxyl groups is 1. The summed E-state index contributed by atoms with van der Waals surface area (Å²) < 4.78 is 79.8. The van der Waals surface area contributed by atoms with Crippen molar-refractivity contribution >= 4 is 11.6 Å². The normalized spacial score (nSPS) is 15.4. The van der Waals surface area contributed by atoms with E-state index >= 15 is 0 Å². The van der Waals surface area contributed by atoms with Crippen LogP contribution in [-0.2, 0) is 12.4 Å². The van der Waals surface area contributed by atoms with E-state index in [-0.39, 0.29) is 27.9 Å². The van der Waals surface area contributed by atoms with Gasteiger partial charge in [-0.25, -0.2) is 0 Å². The monoisotopic (exact) mass is 556 g/mol. The second-order valence-electron chi connectivity index (χ2n) is 8.94. The topological polar surface area (TPSA) is 55.4 Å². The van der Waals surface area contributed by atoms with Crippen LogP contribution in [0.1, 0.15) is 23.2 Å². The van der Waals surface area contributed by atoms with E-state index in [0.717, 1.165) is 38.3 Å². The van der Waals surface area contributed by atoms with Crippen LogP contribution in [0.5, 0.6) is 5.75 Å². The lowest BCUT2D eigenvalue weighted by Crippen LogP contribution is -2.44. The highest BCUT2D eigenvalue weighted by Gasteiger charge is 2.35. The van der Waals surface area contributed by atoms with Gasteiger partial charge in [-0.1, -0.05) is 29.5 Å². The number of alkyl halides is 6. The van der Waals surface area contributed by atoms with Crippen LogP contribution in [0.3, 0.4) is 0 Å². The number of phenols is 1. The zero-order valence-electron chi connectivity index (χ0n) is 20.1. The number of nitrogens with zero attached hydrogens (tertiary/aromatic N) is 3. The first-order chi connectivity index (χ1) is 17.8. The van der Waals surface area contributed by atoms with Crippen LogP contribution in [0.15, 0.2) is 36.4 Å². The largest absolute Gasteiger partial charge is 0.507 e. The molecule has 1 saturated heterocycles. The molecule has 3 aromatic rings. The number of phenolic OH excluding ortho intramolecular Hbond substituents is 1. The van der Waals surface area contributed by atoms with E-state index in [4.69, 9.17) is 11.6 Å². The van der Waals surface area contributed by atoms with Crippen LogP contribution >= 0.6 is 11.6 Å². The molecule has 38 heavy (non-hydrogen) atoms. The van der Waals surface area contributed by atoms with E-state index in [1.807, 2.05) is 7.05 Å². The van der Waals surface area contributed by atoms with Crippen LogP contribution in [0, 0.1) is 11.8 Å². The van der Waals surface area contributed by atoms with Crippen LogP contribution in [0.2, 0.25) is 5.02 Å². The Kier molecular flexibility index (Phi) is 7.97. The Balaban J connectivity index is 1.74. The van der Waals surface area contributed by atoms with Gasteiger partial charge in [0, 0.05) is 55.8 Å². The molecular formula is C26H23ClF6N4O. The molecule has 1 aliphatic heterocycles. The molecule has 1 aromatic heterocycles. The van der Waals surface area contributed by atoms with Crippen molar-refractivity contribution in [3.8, 4) is 40.0 Å². The molecule has 0 saturated carbocycles. The fraction of sp³-hybridized carbons (Fsp3) is 0.346. The number of halogens is 7. The Morgan fingerprint density at radius 2 is 1.71 bits per heavy atom. The SMILES string of the molecule is CN1CCN(CCC#Cc2ccc(-c3cc(C(F)(F)F)n[nH]3)c(O)c2-c2ccc(Cl)c(C(F)(F)F)c2)CC1. The van der Waals surface area contributed by atoms with Crippen molar-refractivity contribution in [2.24, 2.45) is 0 Å². The number of aromatic amines is 1. The summed E-state index contributed by atoms with van der Waals surface area (Å²) in [5, 5.41) is 16.0. The average molecular weight is 557 g/mol. The summed E-state index contributed by atoms with van der Waals surface area (Å²) in [5.41, 5.74) is -2.43. The van der Waals surface area contributed by atoms with E-state index in [2.05, 4.69) is 31.8 Å². The summed E-state index contributed by atoms with van der Waals surface area (Å²) in [5.74, 6) is 5.38. The Bertz CT molecular complexity index is 1360. The van der Waals surface area contributed by atoms with Gasteiger partial charge in [-0.15, -0.1) is 0 Å². The van der Waals surface area contributed by atoms with E-state index in [0.29, 0.717) is 19.0 Å². The Morgan fingerprint density at radius 1 is 1.00 bits per heavy atom. The van der Waals surface area contributed by atoms with Crippen molar-refractivity contribution in [3.05, 3.63) is 58.2 Å². The molecule has 2 N–H and O–H groups in total. The predicted molar refractivity (Wildman–Crippen MR) is 132 cm³/mol. The number of hydrogen-bond donors (Lipinski definition) is 2. The Morgan fingerprint density at radius 3 is 2.34 bits per heavy atom. The maximum atomic E-state index is 13.6. The van der Waals surface area contributed by atoms with Gasteiger partial charge in [0.15, 0.2) is 5.69 Å². The zero-order valence-corrected chi connectivity index (χ0v) is 20.9. The summed E-state index contributed by atoms with van der Waals surface area (Å²) in [7, 11) is 2.04. The molecule has 2 heterocycles. The number of benzene rings is 2. The first-order valence-electron chi connectivity index (χ1n) is 11.6. The van der Waals surface area contributed by atoms with Gasteiger partial charge in [-0.05, 0) is 42.9 Å². The molecule has 5 nitrogen and oxygen atoms in total. The molecule has 0 spiro atoms. The molecule has 0 radical (unpaired) electrons. The third-order valence-electron chi connectivity index (χ3n) is 6.27. The zero-order chi connectivity index (χ0) is 27.7. The van der Waals surface area contributed by atoms with E-state index < -0.39 is 34.4 Å². The molecule has 1 aliphatic rings. The number of rotatable bonds is 4. The summed E-state index contributed by atoms with van der Waals surface area (Å²) in [6, 6.07) is 6.63. The quantitative estimate of drug-likeness (QED) is 0.300. The highest BCUT2D eigenvalue weighted by molar-refractivity contribution is 6.31. The lowest BCUT2D eigenvalue weighted by molar-refractivity contribution is -0.141. The number of hydrogen-bond acceptors (Lipinski definition) is 4. The highest BCUT2D eigenvalue weighted by atomic mass is 35.5. The average Bonchev–Trinajstić information content (AvgIpc) is 3.34. The lowest BCUT2D eigenvalue weighted by Gasteiger charge is -2.31. The van der Waals surface area contributed by atoms with Gasteiger partial charge >= 0.3 is 12.4 Å². The maximum Gasteiger partial charge on any atom is 0.435 e. The predicted octanol–water partition coefficient (Wildman–Crippen LogP) is 6.13. The molecular weight excluding hydrogens is 534 g/mol. The van der Waals surface area contributed by atoms with Crippen molar-refractivity contribution in [1.82, 2.24) is 20.0 Å². The molecule has 0 amide bonds. The third kappa shape index (κ3) is 6.26.